The van der Waals surface area contributed by atoms with E-state index in [9.17, 15) is 0 Å². The summed E-state index contributed by atoms with van der Waals surface area (Å²) in [6.07, 6.45) is 4.60. The molecule has 0 aliphatic carbocycles. The largest absolute Gasteiger partial charge is 0.349 e. The third kappa shape index (κ3) is 2.50. The first-order valence-electron chi connectivity index (χ1n) is 8.07. The van der Waals surface area contributed by atoms with Crippen molar-refractivity contribution in [2.75, 3.05) is 23.4 Å². The van der Waals surface area contributed by atoms with Crippen LogP contribution in [0.5, 0.6) is 0 Å². The summed E-state index contributed by atoms with van der Waals surface area (Å²) in [5.74, 6) is 0. The van der Waals surface area contributed by atoms with Gasteiger partial charge in [-0.15, -0.1) is 0 Å². The van der Waals surface area contributed by atoms with Crippen LogP contribution < -0.4 is 9.80 Å². The number of para-hydroxylation sites is 2. The van der Waals surface area contributed by atoms with E-state index in [-0.39, 0.29) is 6.17 Å². The third-order valence-electron chi connectivity index (χ3n) is 4.46. The number of hydrogen-bond acceptors (Lipinski definition) is 2. The van der Waals surface area contributed by atoms with E-state index in [2.05, 4.69) is 78.9 Å². The summed E-state index contributed by atoms with van der Waals surface area (Å²) in [6.45, 7) is 7.18. The van der Waals surface area contributed by atoms with E-state index in [0.29, 0.717) is 0 Å². The van der Waals surface area contributed by atoms with Gasteiger partial charge in [-0.3, -0.25) is 0 Å². The molecule has 1 heterocycles. The molecule has 2 aromatic rings. The molecule has 0 amide bonds. The first kappa shape index (κ1) is 14.7. The molecule has 0 bridgehead atoms. The van der Waals surface area contributed by atoms with Gasteiger partial charge in [0.2, 0.25) is 0 Å². The van der Waals surface area contributed by atoms with E-state index in [4.69, 9.17) is 0 Å². The molecule has 0 N–H and O–H groups in total. The summed E-state index contributed by atoms with van der Waals surface area (Å²) in [7, 11) is 2.19. The Labute approximate surface area is 133 Å². The van der Waals surface area contributed by atoms with Gasteiger partial charge in [0.25, 0.3) is 0 Å². The number of nitrogens with zero attached hydrogens (tertiary/aromatic N) is 2. The predicted octanol–water partition coefficient (Wildman–Crippen LogP) is 5.08. The van der Waals surface area contributed by atoms with Gasteiger partial charge in [0, 0.05) is 13.6 Å². The normalized spacial score (nSPS) is 16.7. The van der Waals surface area contributed by atoms with Gasteiger partial charge in [-0.25, -0.2) is 0 Å². The van der Waals surface area contributed by atoms with Crippen molar-refractivity contribution in [3.63, 3.8) is 0 Å². The second-order valence-corrected chi connectivity index (χ2v) is 5.89. The fourth-order valence-corrected chi connectivity index (χ4v) is 3.26. The fourth-order valence-electron chi connectivity index (χ4n) is 3.26. The molecule has 1 aliphatic rings. The van der Waals surface area contributed by atoms with Crippen LogP contribution in [0.1, 0.15) is 37.1 Å². The van der Waals surface area contributed by atoms with Gasteiger partial charge >= 0.3 is 0 Å². The molecule has 0 fully saturated rings. The van der Waals surface area contributed by atoms with Crippen LogP contribution in [0.3, 0.4) is 0 Å². The Morgan fingerprint density at radius 3 is 2.36 bits per heavy atom. The van der Waals surface area contributed by atoms with Crippen molar-refractivity contribution < 1.29 is 0 Å². The number of anilines is 2. The lowest BCUT2D eigenvalue weighted by atomic mass is 10.1. The van der Waals surface area contributed by atoms with Crippen LogP contribution in [0.2, 0.25) is 0 Å². The van der Waals surface area contributed by atoms with Gasteiger partial charge in [-0.2, -0.15) is 0 Å². The van der Waals surface area contributed by atoms with Crippen LogP contribution in [0.15, 0.2) is 55.1 Å². The number of fused-ring (bicyclic) bond motifs is 1. The zero-order valence-corrected chi connectivity index (χ0v) is 13.5. The van der Waals surface area contributed by atoms with E-state index in [0.717, 1.165) is 6.54 Å². The van der Waals surface area contributed by atoms with E-state index in [1.54, 1.807) is 0 Å². The summed E-state index contributed by atoms with van der Waals surface area (Å²) in [5.41, 5.74) is 5.16. The highest BCUT2D eigenvalue weighted by atomic mass is 15.4. The monoisotopic (exact) mass is 292 g/mol. The number of rotatable bonds is 5. The number of hydrogen-bond donors (Lipinski definition) is 0. The Hall–Kier alpha value is -2.22. The maximum Gasteiger partial charge on any atom is 0.128 e. The molecule has 0 saturated heterocycles. The van der Waals surface area contributed by atoms with Gasteiger partial charge in [0.15, 0.2) is 0 Å². The van der Waals surface area contributed by atoms with Crippen molar-refractivity contribution in [3.8, 4) is 0 Å². The summed E-state index contributed by atoms with van der Waals surface area (Å²) in [6, 6.07) is 17.5. The van der Waals surface area contributed by atoms with Crippen LogP contribution in [-0.2, 0) is 0 Å². The molecule has 0 aromatic heterocycles. The Morgan fingerprint density at radius 2 is 1.73 bits per heavy atom. The summed E-state index contributed by atoms with van der Waals surface area (Å²) < 4.78 is 0. The van der Waals surface area contributed by atoms with Gasteiger partial charge < -0.3 is 9.80 Å². The molecule has 3 rings (SSSR count). The maximum atomic E-state index is 3.84. The zero-order valence-electron chi connectivity index (χ0n) is 13.5. The molecule has 0 saturated carbocycles. The minimum atomic E-state index is 0.280. The molecule has 2 aromatic carbocycles. The highest BCUT2D eigenvalue weighted by Crippen LogP contribution is 2.45. The quantitative estimate of drug-likeness (QED) is 0.758. The molecule has 2 heteroatoms. The van der Waals surface area contributed by atoms with Crippen LogP contribution in [0, 0.1) is 0 Å². The van der Waals surface area contributed by atoms with Gasteiger partial charge in [0.1, 0.15) is 6.17 Å². The van der Waals surface area contributed by atoms with Crippen molar-refractivity contribution in [1.29, 1.82) is 0 Å². The molecule has 0 radical (unpaired) electrons. The van der Waals surface area contributed by atoms with E-state index in [1.165, 1.54) is 35.3 Å². The smallest absolute Gasteiger partial charge is 0.128 e. The Kier molecular flexibility index (Phi) is 4.19. The molecule has 1 aliphatic heterocycles. The average molecular weight is 292 g/mol. The van der Waals surface area contributed by atoms with E-state index >= 15 is 0 Å². The molecule has 1 unspecified atom stereocenters. The maximum absolute atomic E-state index is 3.84. The number of unbranched alkanes of at least 4 members (excludes halogenated alkanes) is 1. The minimum Gasteiger partial charge on any atom is -0.349 e. The average Bonchev–Trinajstić information content (AvgIpc) is 2.86. The van der Waals surface area contributed by atoms with Crippen LogP contribution in [0.4, 0.5) is 11.4 Å². The van der Waals surface area contributed by atoms with E-state index in [1.807, 2.05) is 6.08 Å². The first-order chi connectivity index (χ1) is 10.8. The summed E-state index contributed by atoms with van der Waals surface area (Å²) >= 11 is 0. The molecule has 114 valence electrons. The Balaban J connectivity index is 1.98. The third-order valence-corrected chi connectivity index (χ3v) is 4.46. The second kappa shape index (κ2) is 6.27. The van der Waals surface area contributed by atoms with Gasteiger partial charge in [-0.05, 0) is 29.7 Å². The van der Waals surface area contributed by atoms with Crippen LogP contribution in [0.25, 0.3) is 6.08 Å². The molecule has 22 heavy (non-hydrogen) atoms. The standard InChI is InChI=1S/C20H24N2/c1-4-6-15-22-19-10-8-7-9-18(19)21(3)20(22)17-13-11-16(5-2)12-14-17/h5,7-14,20H,2,4,6,15H2,1,3H3. The summed E-state index contributed by atoms with van der Waals surface area (Å²) in [5, 5.41) is 0. The number of benzene rings is 2. The lowest BCUT2D eigenvalue weighted by molar-refractivity contribution is 0.618. The van der Waals surface area contributed by atoms with E-state index < -0.39 is 0 Å². The molecular weight excluding hydrogens is 268 g/mol. The highest BCUT2D eigenvalue weighted by Gasteiger charge is 2.33. The minimum absolute atomic E-state index is 0.280. The van der Waals surface area contributed by atoms with Crippen molar-refractivity contribution in [2.24, 2.45) is 0 Å². The Morgan fingerprint density at radius 1 is 1.05 bits per heavy atom. The molecule has 2 nitrogen and oxygen atoms in total. The van der Waals surface area contributed by atoms with Crippen molar-refractivity contribution >= 4 is 17.5 Å². The first-order valence-corrected chi connectivity index (χ1v) is 8.07. The SMILES string of the molecule is C=Cc1ccc(C2N(C)c3ccccc3N2CCCC)cc1. The molecule has 1 atom stereocenters. The van der Waals surface area contributed by atoms with Crippen LogP contribution in [-0.4, -0.2) is 13.6 Å². The van der Waals surface area contributed by atoms with Crippen molar-refractivity contribution in [1.82, 2.24) is 0 Å². The van der Waals surface area contributed by atoms with Crippen molar-refractivity contribution in [2.45, 2.75) is 25.9 Å². The van der Waals surface area contributed by atoms with Gasteiger partial charge in [0.05, 0.1) is 11.4 Å². The zero-order chi connectivity index (χ0) is 15.5. The topological polar surface area (TPSA) is 6.48 Å². The van der Waals surface area contributed by atoms with Crippen molar-refractivity contribution in [3.05, 3.63) is 66.2 Å². The Bertz CT molecular complexity index is 645. The fraction of sp³-hybridized carbons (Fsp3) is 0.300. The molecule has 0 spiro atoms. The van der Waals surface area contributed by atoms with Gasteiger partial charge in [-0.1, -0.05) is 62.4 Å². The predicted molar refractivity (Wildman–Crippen MR) is 96.4 cm³/mol. The lowest BCUT2D eigenvalue weighted by Crippen LogP contribution is -2.34. The summed E-state index contributed by atoms with van der Waals surface area (Å²) in [4.78, 5) is 4.91. The highest BCUT2D eigenvalue weighted by molar-refractivity contribution is 5.78. The second-order valence-electron chi connectivity index (χ2n) is 5.89. The lowest BCUT2D eigenvalue weighted by Gasteiger charge is -2.31. The van der Waals surface area contributed by atoms with Crippen LogP contribution >= 0.6 is 0 Å². The molecular formula is C20H24N2.